The number of aryl methyl sites for hydroxylation is 2. The van der Waals surface area contributed by atoms with Crippen LogP contribution < -0.4 is 5.73 Å². The first-order valence-corrected chi connectivity index (χ1v) is 6.64. The highest BCUT2D eigenvalue weighted by Gasteiger charge is 2.14. The van der Waals surface area contributed by atoms with E-state index in [0.29, 0.717) is 6.42 Å². The maximum atomic E-state index is 6.26. The molecule has 0 saturated heterocycles. The van der Waals surface area contributed by atoms with Crippen LogP contribution >= 0.6 is 0 Å². The van der Waals surface area contributed by atoms with Crippen LogP contribution in [-0.4, -0.2) is 19.6 Å². The van der Waals surface area contributed by atoms with Gasteiger partial charge in [0.05, 0.1) is 0 Å². The molecule has 0 spiro atoms. The van der Waals surface area contributed by atoms with Crippen molar-refractivity contribution in [3.8, 4) is 0 Å². The Morgan fingerprint density at radius 2 is 1.90 bits per heavy atom. The molecule has 0 saturated carbocycles. The average molecular weight is 267 g/mol. The summed E-state index contributed by atoms with van der Waals surface area (Å²) in [5.74, 6) is 1.74. The fraction of sp³-hybridized carbons (Fsp3) is 0.267. The van der Waals surface area contributed by atoms with E-state index < -0.39 is 0 Å². The molecule has 0 aliphatic rings. The van der Waals surface area contributed by atoms with E-state index in [4.69, 9.17) is 5.73 Å². The van der Waals surface area contributed by atoms with Crippen molar-refractivity contribution in [3.05, 3.63) is 59.3 Å². The molecule has 0 radical (unpaired) electrons. The Hall–Kier alpha value is -2.27. The first kappa shape index (κ1) is 12.7. The smallest absolute Gasteiger partial charge is 0.164 e. The predicted octanol–water partition coefficient (Wildman–Crippen LogP) is 1.98. The number of fused-ring (bicyclic) bond motifs is 1. The molecular weight excluding hydrogens is 250 g/mol. The zero-order chi connectivity index (χ0) is 14.1. The van der Waals surface area contributed by atoms with Gasteiger partial charge in [-0.15, -0.1) is 10.2 Å². The first-order valence-electron chi connectivity index (χ1n) is 6.64. The maximum absolute atomic E-state index is 6.26. The molecule has 3 aromatic rings. The van der Waals surface area contributed by atoms with Gasteiger partial charge in [-0.25, -0.2) is 4.98 Å². The lowest BCUT2D eigenvalue weighted by Gasteiger charge is -2.11. The molecule has 0 bridgehead atoms. The van der Waals surface area contributed by atoms with E-state index in [1.807, 2.05) is 54.6 Å². The second kappa shape index (κ2) is 5.02. The van der Waals surface area contributed by atoms with Gasteiger partial charge in [0, 0.05) is 24.2 Å². The van der Waals surface area contributed by atoms with E-state index in [1.54, 1.807) is 0 Å². The van der Waals surface area contributed by atoms with E-state index in [-0.39, 0.29) is 6.04 Å². The van der Waals surface area contributed by atoms with Crippen LogP contribution in [0.1, 0.15) is 28.9 Å². The third kappa shape index (κ3) is 2.28. The van der Waals surface area contributed by atoms with Gasteiger partial charge in [-0.1, -0.05) is 30.3 Å². The Bertz CT molecular complexity index is 733. The molecule has 20 heavy (non-hydrogen) atoms. The highest BCUT2D eigenvalue weighted by Crippen LogP contribution is 2.16. The zero-order valence-corrected chi connectivity index (χ0v) is 11.6. The van der Waals surface area contributed by atoms with Crippen molar-refractivity contribution in [2.75, 3.05) is 0 Å². The van der Waals surface area contributed by atoms with Crippen LogP contribution in [0.4, 0.5) is 0 Å². The van der Waals surface area contributed by atoms with Crippen LogP contribution in [0.15, 0.2) is 36.4 Å². The largest absolute Gasteiger partial charge is 0.324 e. The molecule has 1 unspecified atom stereocenters. The second-order valence-electron chi connectivity index (χ2n) is 4.98. The molecule has 2 N–H and O–H groups in total. The lowest BCUT2D eigenvalue weighted by molar-refractivity contribution is 0.675. The van der Waals surface area contributed by atoms with E-state index in [9.17, 15) is 0 Å². The number of nitrogens with two attached hydrogens (primary N) is 1. The van der Waals surface area contributed by atoms with Crippen LogP contribution in [0, 0.1) is 13.8 Å². The van der Waals surface area contributed by atoms with Crippen LogP contribution in [0.25, 0.3) is 5.65 Å². The van der Waals surface area contributed by atoms with Crippen LogP contribution in [0.2, 0.25) is 0 Å². The molecule has 5 heteroatoms. The number of hydrogen-bond donors (Lipinski definition) is 1. The van der Waals surface area contributed by atoms with Gasteiger partial charge in [-0.2, -0.15) is 0 Å². The topological polar surface area (TPSA) is 69.1 Å². The van der Waals surface area contributed by atoms with Gasteiger partial charge in [0.2, 0.25) is 0 Å². The minimum absolute atomic E-state index is 0.0932. The average Bonchev–Trinajstić information content (AvgIpc) is 2.82. The maximum Gasteiger partial charge on any atom is 0.164 e. The Kier molecular flexibility index (Phi) is 3.20. The predicted molar refractivity (Wildman–Crippen MR) is 77.3 cm³/mol. The van der Waals surface area contributed by atoms with Crippen molar-refractivity contribution >= 4 is 5.65 Å². The molecule has 1 atom stereocenters. The van der Waals surface area contributed by atoms with Crippen LogP contribution in [0.5, 0.6) is 0 Å². The first-order chi connectivity index (χ1) is 9.65. The molecular formula is C15H17N5. The third-order valence-electron chi connectivity index (χ3n) is 3.39. The number of benzene rings is 1. The van der Waals surface area contributed by atoms with Crippen molar-refractivity contribution in [1.82, 2.24) is 19.6 Å². The zero-order valence-electron chi connectivity index (χ0n) is 11.6. The molecule has 0 amide bonds. The summed E-state index contributed by atoms with van der Waals surface area (Å²) in [6.07, 6.45) is 0.636. The summed E-state index contributed by atoms with van der Waals surface area (Å²) in [5, 5.41) is 8.46. The van der Waals surface area contributed by atoms with Gasteiger partial charge in [-0.3, -0.25) is 4.40 Å². The number of nitrogens with zero attached hydrogens (tertiary/aromatic N) is 4. The summed E-state index contributed by atoms with van der Waals surface area (Å²) in [7, 11) is 0. The van der Waals surface area contributed by atoms with Gasteiger partial charge in [0.1, 0.15) is 11.6 Å². The molecule has 0 fully saturated rings. The summed E-state index contributed by atoms with van der Waals surface area (Å²) in [6, 6.07) is 11.9. The van der Waals surface area contributed by atoms with Crippen molar-refractivity contribution in [3.63, 3.8) is 0 Å². The van der Waals surface area contributed by atoms with Gasteiger partial charge in [-0.05, 0) is 19.4 Å². The lowest BCUT2D eigenvalue weighted by Crippen LogP contribution is -2.15. The number of rotatable bonds is 3. The minimum Gasteiger partial charge on any atom is -0.324 e. The highest BCUT2D eigenvalue weighted by atomic mass is 15.3. The molecule has 1 aromatic carbocycles. The second-order valence-corrected chi connectivity index (χ2v) is 4.98. The Morgan fingerprint density at radius 1 is 1.15 bits per heavy atom. The summed E-state index contributed by atoms with van der Waals surface area (Å²) in [4.78, 5) is 4.46. The van der Waals surface area contributed by atoms with E-state index in [2.05, 4.69) is 15.2 Å². The van der Waals surface area contributed by atoms with Crippen molar-refractivity contribution in [2.45, 2.75) is 26.3 Å². The van der Waals surface area contributed by atoms with Crippen molar-refractivity contribution in [1.29, 1.82) is 0 Å². The number of hydrogen-bond acceptors (Lipinski definition) is 4. The molecule has 2 aromatic heterocycles. The van der Waals surface area contributed by atoms with Crippen LogP contribution in [0.3, 0.4) is 0 Å². The minimum atomic E-state index is -0.0932. The normalized spacial score (nSPS) is 12.8. The standard InChI is InChI=1S/C15H17N5/c1-10-8-14-18-19-15(20(14)11(2)17-10)9-13(16)12-6-4-3-5-7-12/h3-8,13H,9,16H2,1-2H3. The van der Waals surface area contributed by atoms with E-state index in [0.717, 1.165) is 28.6 Å². The Morgan fingerprint density at radius 3 is 2.65 bits per heavy atom. The molecule has 0 aliphatic carbocycles. The molecule has 5 nitrogen and oxygen atoms in total. The van der Waals surface area contributed by atoms with Gasteiger partial charge < -0.3 is 5.73 Å². The fourth-order valence-corrected chi connectivity index (χ4v) is 2.45. The molecule has 102 valence electrons. The molecule has 0 aliphatic heterocycles. The summed E-state index contributed by atoms with van der Waals surface area (Å²) < 4.78 is 1.97. The quantitative estimate of drug-likeness (QED) is 0.788. The fourth-order valence-electron chi connectivity index (χ4n) is 2.45. The SMILES string of the molecule is Cc1cc2nnc(CC(N)c3ccccc3)n2c(C)n1. The monoisotopic (exact) mass is 267 g/mol. The Balaban J connectivity index is 1.96. The summed E-state index contributed by atoms with van der Waals surface area (Å²) in [5.41, 5.74) is 9.12. The van der Waals surface area contributed by atoms with Gasteiger partial charge in [0.15, 0.2) is 5.65 Å². The number of aromatic nitrogens is 4. The lowest BCUT2D eigenvalue weighted by atomic mass is 10.0. The molecule has 3 rings (SSSR count). The van der Waals surface area contributed by atoms with Crippen molar-refractivity contribution < 1.29 is 0 Å². The van der Waals surface area contributed by atoms with Gasteiger partial charge >= 0.3 is 0 Å². The molecule has 2 heterocycles. The van der Waals surface area contributed by atoms with Crippen molar-refractivity contribution in [2.24, 2.45) is 5.73 Å². The van der Waals surface area contributed by atoms with Crippen LogP contribution in [-0.2, 0) is 6.42 Å². The Labute approximate surface area is 117 Å². The van der Waals surface area contributed by atoms with Gasteiger partial charge in [0.25, 0.3) is 0 Å². The summed E-state index contributed by atoms with van der Waals surface area (Å²) >= 11 is 0. The van der Waals surface area contributed by atoms with E-state index in [1.165, 1.54) is 0 Å². The summed E-state index contributed by atoms with van der Waals surface area (Å²) in [6.45, 7) is 3.91. The highest BCUT2D eigenvalue weighted by molar-refractivity contribution is 5.40. The van der Waals surface area contributed by atoms with E-state index >= 15 is 0 Å². The third-order valence-corrected chi connectivity index (χ3v) is 3.39.